The predicted octanol–water partition coefficient (Wildman–Crippen LogP) is 4.27. The number of nitrogens with zero attached hydrogens (tertiary/aromatic N) is 1. The van der Waals surface area contributed by atoms with Gasteiger partial charge in [0.2, 0.25) is 0 Å². The van der Waals surface area contributed by atoms with E-state index in [0.29, 0.717) is 5.56 Å². The van der Waals surface area contributed by atoms with Crippen LogP contribution in [0.5, 0.6) is 0 Å². The smallest absolute Gasteiger partial charge is 0.338 e. The Hall–Kier alpha value is -2.81. The van der Waals surface area contributed by atoms with Gasteiger partial charge in [-0.25, -0.2) is 4.79 Å². The molecule has 0 aliphatic heterocycles. The zero-order valence-electron chi connectivity index (χ0n) is 12.5. The highest BCUT2D eigenvalue weighted by Crippen LogP contribution is 2.35. The molecule has 0 aliphatic carbocycles. The van der Waals surface area contributed by atoms with Crippen LogP contribution in [-0.2, 0) is 11.8 Å². The molecule has 3 heteroatoms. The maximum Gasteiger partial charge on any atom is 0.338 e. The molecule has 4 aromatic rings. The Morgan fingerprint density at radius 2 is 1.55 bits per heavy atom. The van der Waals surface area contributed by atoms with Gasteiger partial charge in [0.1, 0.15) is 0 Å². The normalized spacial score (nSPS) is 11.4. The fraction of sp³-hybridized carbons (Fsp3) is 0.105. The third-order valence-corrected chi connectivity index (χ3v) is 4.31. The van der Waals surface area contributed by atoms with Crippen LogP contribution in [-0.4, -0.2) is 17.6 Å². The molecule has 0 amide bonds. The van der Waals surface area contributed by atoms with Gasteiger partial charge in [-0.15, -0.1) is 0 Å². The molecule has 0 unspecified atom stereocenters. The van der Waals surface area contributed by atoms with E-state index in [4.69, 9.17) is 4.74 Å². The third kappa shape index (κ3) is 1.59. The number of hydrogen-bond donors (Lipinski definition) is 0. The Bertz CT molecular complexity index is 1040. The van der Waals surface area contributed by atoms with Gasteiger partial charge < -0.3 is 9.30 Å². The van der Waals surface area contributed by atoms with Crippen LogP contribution in [0.25, 0.3) is 32.6 Å². The second-order valence-electron chi connectivity index (χ2n) is 5.43. The highest BCUT2D eigenvalue weighted by molar-refractivity contribution is 6.22. The first-order valence-corrected chi connectivity index (χ1v) is 7.19. The molecule has 3 aromatic carbocycles. The SMILES string of the molecule is COC(=O)c1cc2c3ccccc3n(C)c2c2ccccc12. The summed E-state index contributed by atoms with van der Waals surface area (Å²) in [6, 6.07) is 18.2. The zero-order chi connectivity index (χ0) is 15.3. The molecule has 4 rings (SSSR count). The number of carbonyl (C=O) groups excluding carboxylic acids is 1. The summed E-state index contributed by atoms with van der Waals surface area (Å²) in [7, 11) is 3.49. The Labute approximate surface area is 127 Å². The van der Waals surface area contributed by atoms with Gasteiger partial charge in [-0.1, -0.05) is 42.5 Å². The van der Waals surface area contributed by atoms with E-state index in [9.17, 15) is 4.79 Å². The molecule has 0 atom stereocenters. The van der Waals surface area contributed by atoms with Crippen LogP contribution in [0.3, 0.4) is 0 Å². The van der Waals surface area contributed by atoms with Crippen molar-refractivity contribution in [2.24, 2.45) is 7.05 Å². The van der Waals surface area contributed by atoms with Gasteiger partial charge in [0, 0.05) is 28.7 Å². The highest BCUT2D eigenvalue weighted by Gasteiger charge is 2.17. The molecule has 0 radical (unpaired) electrons. The number of aryl methyl sites for hydroxylation is 1. The van der Waals surface area contributed by atoms with Crippen molar-refractivity contribution in [3.63, 3.8) is 0 Å². The van der Waals surface area contributed by atoms with Gasteiger partial charge >= 0.3 is 5.97 Å². The Kier molecular flexibility index (Phi) is 2.70. The summed E-state index contributed by atoms with van der Waals surface area (Å²) in [6.45, 7) is 0. The summed E-state index contributed by atoms with van der Waals surface area (Å²) in [6.07, 6.45) is 0. The van der Waals surface area contributed by atoms with Crippen molar-refractivity contribution < 1.29 is 9.53 Å². The molecular weight excluding hydrogens is 274 g/mol. The van der Waals surface area contributed by atoms with Gasteiger partial charge in [0.15, 0.2) is 0 Å². The van der Waals surface area contributed by atoms with Crippen molar-refractivity contribution in [1.29, 1.82) is 0 Å². The largest absolute Gasteiger partial charge is 0.465 e. The molecule has 0 N–H and O–H groups in total. The molecule has 0 saturated carbocycles. The molecular formula is C19H15NO2. The quantitative estimate of drug-likeness (QED) is 0.490. The molecule has 0 spiro atoms. The maximum absolute atomic E-state index is 12.2. The first kappa shape index (κ1) is 12.9. The van der Waals surface area contributed by atoms with Crippen LogP contribution in [0.4, 0.5) is 0 Å². The van der Waals surface area contributed by atoms with Crippen molar-refractivity contribution in [2.45, 2.75) is 0 Å². The molecule has 1 heterocycles. The fourth-order valence-electron chi connectivity index (χ4n) is 3.32. The molecule has 0 aliphatic rings. The molecule has 22 heavy (non-hydrogen) atoms. The number of benzene rings is 3. The minimum absolute atomic E-state index is 0.300. The number of aromatic nitrogens is 1. The van der Waals surface area contributed by atoms with Gasteiger partial charge in [0.05, 0.1) is 18.2 Å². The van der Waals surface area contributed by atoms with E-state index in [2.05, 4.69) is 29.8 Å². The van der Waals surface area contributed by atoms with Gasteiger partial charge in [-0.2, -0.15) is 0 Å². The first-order valence-electron chi connectivity index (χ1n) is 7.19. The number of esters is 1. The summed E-state index contributed by atoms with van der Waals surface area (Å²) in [5.41, 5.74) is 2.91. The average molecular weight is 289 g/mol. The average Bonchev–Trinajstić information content (AvgIpc) is 2.87. The Morgan fingerprint density at radius 3 is 2.27 bits per heavy atom. The predicted molar refractivity (Wildman–Crippen MR) is 89.3 cm³/mol. The lowest BCUT2D eigenvalue weighted by Crippen LogP contribution is -2.02. The minimum atomic E-state index is -0.300. The van der Waals surface area contributed by atoms with Crippen LogP contribution < -0.4 is 0 Å². The molecule has 0 fully saturated rings. The van der Waals surface area contributed by atoms with Crippen molar-refractivity contribution in [3.05, 3.63) is 60.2 Å². The topological polar surface area (TPSA) is 31.2 Å². The van der Waals surface area contributed by atoms with E-state index in [1.54, 1.807) is 0 Å². The Balaban J connectivity index is 2.31. The number of fused-ring (bicyclic) bond motifs is 5. The zero-order valence-corrected chi connectivity index (χ0v) is 12.5. The number of methoxy groups -OCH3 is 1. The second-order valence-corrected chi connectivity index (χ2v) is 5.43. The number of ether oxygens (including phenoxy) is 1. The number of para-hydroxylation sites is 1. The molecule has 3 nitrogen and oxygen atoms in total. The van der Waals surface area contributed by atoms with E-state index < -0.39 is 0 Å². The third-order valence-electron chi connectivity index (χ3n) is 4.31. The molecule has 0 bridgehead atoms. The maximum atomic E-state index is 12.2. The molecule has 1 aromatic heterocycles. The first-order chi connectivity index (χ1) is 10.7. The van der Waals surface area contributed by atoms with Crippen molar-refractivity contribution in [2.75, 3.05) is 7.11 Å². The Morgan fingerprint density at radius 1 is 0.909 bits per heavy atom. The van der Waals surface area contributed by atoms with E-state index in [-0.39, 0.29) is 5.97 Å². The highest BCUT2D eigenvalue weighted by atomic mass is 16.5. The van der Waals surface area contributed by atoms with E-state index >= 15 is 0 Å². The number of carbonyl (C=O) groups is 1. The van der Waals surface area contributed by atoms with Crippen LogP contribution in [0, 0.1) is 0 Å². The lowest BCUT2D eigenvalue weighted by atomic mass is 10.00. The van der Waals surface area contributed by atoms with Crippen molar-refractivity contribution in [3.8, 4) is 0 Å². The summed E-state index contributed by atoms with van der Waals surface area (Å²) in [5, 5.41) is 4.22. The lowest BCUT2D eigenvalue weighted by molar-refractivity contribution is 0.0603. The number of hydrogen-bond acceptors (Lipinski definition) is 2. The fourth-order valence-corrected chi connectivity index (χ4v) is 3.32. The van der Waals surface area contributed by atoms with Crippen LogP contribution >= 0.6 is 0 Å². The minimum Gasteiger partial charge on any atom is -0.465 e. The summed E-state index contributed by atoms with van der Waals surface area (Å²) >= 11 is 0. The van der Waals surface area contributed by atoms with Gasteiger partial charge in [-0.05, 0) is 17.5 Å². The molecule has 0 saturated heterocycles. The summed E-state index contributed by atoms with van der Waals surface area (Å²) in [5.74, 6) is -0.300. The van der Waals surface area contributed by atoms with E-state index in [1.807, 2.05) is 36.4 Å². The van der Waals surface area contributed by atoms with Gasteiger partial charge in [0.25, 0.3) is 0 Å². The summed E-state index contributed by atoms with van der Waals surface area (Å²) < 4.78 is 7.15. The van der Waals surface area contributed by atoms with E-state index in [1.165, 1.54) is 7.11 Å². The monoisotopic (exact) mass is 289 g/mol. The summed E-state index contributed by atoms with van der Waals surface area (Å²) in [4.78, 5) is 12.2. The van der Waals surface area contributed by atoms with Crippen molar-refractivity contribution >= 4 is 38.5 Å². The van der Waals surface area contributed by atoms with Crippen molar-refractivity contribution in [1.82, 2.24) is 4.57 Å². The van der Waals surface area contributed by atoms with Crippen LogP contribution in [0.15, 0.2) is 54.6 Å². The van der Waals surface area contributed by atoms with Crippen LogP contribution in [0.2, 0.25) is 0 Å². The molecule has 108 valence electrons. The second kappa shape index (κ2) is 4.60. The van der Waals surface area contributed by atoms with Gasteiger partial charge in [-0.3, -0.25) is 0 Å². The number of rotatable bonds is 1. The van der Waals surface area contributed by atoms with Crippen LogP contribution in [0.1, 0.15) is 10.4 Å². The lowest BCUT2D eigenvalue weighted by Gasteiger charge is -2.08. The van der Waals surface area contributed by atoms with E-state index in [0.717, 1.165) is 32.6 Å². The standard InChI is InChI=1S/C19H15NO2/c1-20-17-10-6-5-8-13(17)15-11-16(19(21)22-2)12-7-3-4-9-14(12)18(15)20/h3-11H,1-2H3.